The molecule has 2 heterocycles. The molecule has 2 aromatic carbocycles. The van der Waals surface area contributed by atoms with Crippen LogP contribution in [0.3, 0.4) is 0 Å². The molecule has 0 bridgehead atoms. The highest BCUT2D eigenvalue weighted by Crippen LogP contribution is 2.27. The number of benzene rings is 2. The van der Waals surface area contributed by atoms with E-state index in [0.717, 1.165) is 11.1 Å². The number of nitrogens with zero attached hydrogens (tertiary/aromatic N) is 3. The maximum absolute atomic E-state index is 12.7. The highest BCUT2D eigenvalue weighted by Gasteiger charge is 2.26. The van der Waals surface area contributed by atoms with Crippen LogP contribution in [0.15, 0.2) is 89.9 Å². The molecule has 4 aromatic rings. The Morgan fingerprint density at radius 3 is 2.31 bits per heavy atom. The number of pyridine rings is 1. The predicted molar refractivity (Wildman–Crippen MR) is 111 cm³/mol. The zero-order valence-corrected chi connectivity index (χ0v) is 15.4. The first-order valence-electron chi connectivity index (χ1n) is 9.14. The minimum atomic E-state index is -0.713. The second-order valence-electron chi connectivity index (χ2n) is 6.60. The molecule has 2 aromatic heterocycles. The fourth-order valence-electron chi connectivity index (χ4n) is 3.30. The molecule has 0 aliphatic rings. The minimum absolute atomic E-state index is 0.0315. The van der Waals surface area contributed by atoms with Crippen LogP contribution < -0.4 is 10.9 Å². The lowest BCUT2D eigenvalue weighted by Gasteiger charge is -2.20. The van der Waals surface area contributed by atoms with E-state index >= 15 is 0 Å². The molecular formula is C22H18N4O3. The van der Waals surface area contributed by atoms with Gasteiger partial charge in [-0.05, 0) is 29.7 Å². The van der Waals surface area contributed by atoms with Gasteiger partial charge < -0.3 is 5.32 Å². The Morgan fingerprint density at radius 1 is 0.966 bits per heavy atom. The Labute approximate surface area is 166 Å². The maximum atomic E-state index is 12.7. The molecule has 0 fully saturated rings. The summed E-state index contributed by atoms with van der Waals surface area (Å²) in [7, 11) is 0. The topological polar surface area (TPSA) is 89.5 Å². The van der Waals surface area contributed by atoms with Crippen LogP contribution >= 0.6 is 0 Å². The molecule has 0 unspecified atom stereocenters. The molecule has 0 saturated carbocycles. The number of anilines is 1. The van der Waals surface area contributed by atoms with Crippen molar-refractivity contribution in [3.63, 3.8) is 0 Å². The zero-order valence-electron chi connectivity index (χ0n) is 15.4. The van der Waals surface area contributed by atoms with Crippen molar-refractivity contribution >= 4 is 17.2 Å². The van der Waals surface area contributed by atoms with E-state index in [1.54, 1.807) is 18.2 Å². The highest BCUT2D eigenvalue weighted by atomic mass is 16.6. The molecule has 7 heteroatoms. The number of hydrogen-bond acceptors (Lipinski definition) is 5. The molecule has 0 amide bonds. The SMILES string of the molecule is O=c1c([N+](=O)[O-])c(N[C@H](Cc2ccccc2)c2ccccc2)nc2ccccn12. The largest absolute Gasteiger partial charge is 0.376 e. The first kappa shape index (κ1) is 18.4. The van der Waals surface area contributed by atoms with Crippen molar-refractivity contribution in [1.29, 1.82) is 0 Å². The smallest absolute Gasteiger partial charge is 0.357 e. The quantitative estimate of drug-likeness (QED) is 0.400. The summed E-state index contributed by atoms with van der Waals surface area (Å²) in [6.45, 7) is 0. The molecule has 0 radical (unpaired) electrons. The van der Waals surface area contributed by atoms with Gasteiger partial charge >= 0.3 is 11.2 Å². The number of nitro groups is 1. The molecule has 0 saturated heterocycles. The fourth-order valence-corrected chi connectivity index (χ4v) is 3.30. The summed E-state index contributed by atoms with van der Waals surface area (Å²) in [6.07, 6.45) is 2.05. The van der Waals surface area contributed by atoms with Crippen LogP contribution in [0.1, 0.15) is 17.2 Å². The van der Waals surface area contributed by atoms with Gasteiger partial charge in [-0.2, -0.15) is 0 Å². The molecule has 1 atom stereocenters. The van der Waals surface area contributed by atoms with Crippen LogP contribution in [0.2, 0.25) is 0 Å². The van der Waals surface area contributed by atoms with Crippen LogP contribution in [0, 0.1) is 10.1 Å². The summed E-state index contributed by atoms with van der Waals surface area (Å²) in [5.41, 5.74) is 1.07. The number of rotatable bonds is 6. The number of hydrogen-bond donors (Lipinski definition) is 1. The van der Waals surface area contributed by atoms with Crippen LogP contribution in [0.4, 0.5) is 11.5 Å². The van der Waals surface area contributed by atoms with Crippen molar-refractivity contribution in [2.24, 2.45) is 0 Å². The van der Waals surface area contributed by atoms with Gasteiger partial charge in [0.2, 0.25) is 5.82 Å². The standard InChI is InChI=1S/C22H18N4O3/c27-22-20(26(28)29)21(24-19-13-7-8-14-25(19)22)23-18(17-11-5-2-6-12-17)15-16-9-3-1-4-10-16/h1-14,18,23H,15H2/t18-/m1/s1. The van der Waals surface area contributed by atoms with Gasteiger partial charge in [-0.15, -0.1) is 0 Å². The van der Waals surface area contributed by atoms with E-state index in [0.29, 0.717) is 12.1 Å². The van der Waals surface area contributed by atoms with Crippen molar-refractivity contribution < 1.29 is 4.92 Å². The van der Waals surface area contributed by atoms with Crippen LogP contribution in [0.5, 0.6) is 0 Å². The van der Waals surface area contributed by atoms with E-state index in [1.807, 2.05) is 60.7 Å². The van der Waals surface area contributed by atoms with E-state index in [2.05, 4.69) is 10.3 Å². The van der Waals surface area contributed by atoms with Gasteiger partial charge in [-0.25, -0.2) is 4.98 Å². The van der Waals surface area contributed by atoms with Gasteiger partial charge in [0.1, 0.15) is 5.65 Å². The fraction of sp³-hybridized carbons (Fsp3) is 0.0909. The lowest BCUT2D eigenvalue weighted by Crippen LogP contribution is -2.23. The van der Waals surface area contributed by atoms with Crippen molar-refractivity contribution in [1.82, 2.24) is 9.38 Å². The van der Waals surface area contributed by atoms with Gasteiger partial charge in [0.05, 0.1) is 11.0 Å². The predicted octanol–water partition coefficient (Wildman–Crippen LogP) is 4.00. The summed E-state index contributed by atoms with van der Waals surface area (Å²) in [5.74, 6) is -0.0315. The van der Waals surface area contributed by atoms with Crippen LogP contribution in [-0.2, 0) is 6.42 Å². The second-order valence-corrected chi connectivity index (χ2v) is 6.60. The van der Waals surface area contributed by atoms with Gasteiger partial charge in [-0.3, -0.25) is 19.3 Å². The third-order valence-corrected chi connectivity index (χ3v) is 4.69. The van der Waals surface area contributed by atoms with Gasteiger partial charge in [0, 0.05) is 6.20 Å². The molecule has 144 valence electrons. The third kappa shape index (κ3) is 3.84. The Hall–Kier alpha value is -4.00. The van der Waals surface area contributed by atoms with Crippen molar-refractivity contribution in [3.8, 4) is 0 Å². The van der Waals surface area contributed by atoms with Gasteiger partial charge in [0.25, 0.3) is 0 Å². The average Bonchev–Trinajstić information content (AvgIpc) is 2.74. The summed E-state index contributed by atoms with van der Waals surface area (Å²) in [5, 5.41) is 14.8. The number of aromatic nitrogens is 2. The molecule has 1 N–H and O–H groups in total. The summed E-state index contributed by atoms with van der Waals surface area (Å²) >= 11 is 0. The molecule has 0 aliphatic carbocycles. The Morgan fingerprint density at radius 2 is 1.62 bits per heavy atom. The second kappa shape index (κ2) is 7.93. The number of nitrogens with one attached hydrogen (secondary N) is 1. The first-order valence-corrected chi connectivity index (χ1v) is 9.14. The zero-order chi connectivity index (χ0) is 20.2. The Kier molecular flexibility index (Phi) is 5.03. The van der Waals surface area contributed by atoms with E-state index in [4.69, 9.17) is 0 Å². The summed E-state index contributed by atoms with van der Waals surface area (Å²) in [4.78, 5) is 28.1. The average molecular weight is 386 g/mol. The van der Waals surface area contributed by atoms with Crippen molar-refractivity contribution in [2.45, 2.75) is 12.5 Å². The molecule has 7 nitrogen and oxygen atoms in total. The van der Waals surface area contributed by atoms with Crippen molar-refractivity contribution in [2.75, 3.05) is 5.32 Å². The van der Waals surface area contributed by atoms with Gasteiger partial charge in [0.15, 0.2) is 0 Å². The first-order chi connectivity index (χ1) is 14.1. The van der Waals surface area contributed by atoms with Crippen molar-refractivity contribution in [3.05, 3.63) is 117 Å². The lowest BCUT2D eigenvalue weighted by molar-refractivity contribution is -0.385. The Balaban J connectivity index is 1.81. The molecule has 0 aliphatic heterocycles. The van der Waals surface area contributed by atoms with E-state index in [-0.39, 0.29) is 11.9 Å². The normalized spacial score (nSPS) is 11.9. The van der Waals surface area contributed by atoms with Crippen LogP contribution in [0.25, 0.3) is 5.65 Å². The van der Waals surface area contributed by atoms with E-state index < -0.39 is 16.2 Å². The molecule has 0 spiro atoms. The lowest BCUT2D eigenvalue weighted by atomic mass is 9.99. The molecule has 4 rings (SSSR count). The number of fused-ring (bicyclic) bond motifs is 1. The minimum Gasteiger partial charge on any atom is -0.357 e. The molecular weight excluding hydrogens is 368 g/mol. The summed E-state index contributed by atoms with van der Waals surface area (Å²) in [6, 6.07) is 24.1. The Bertz CT molecular complexity index is 1210. The third-order valence-electron chi connectivity index (χ3n) is 4.69. The maximum Gasteiger partial charge on any atom is 0.376 e. The molecule has 29 heavy (non-hydrogen) atoms. The van der Waals surface area contributed by atoms with Crippen LogP contribution in [-0.4, -0.2) is 14.3 Å². The van der Waals surface area contributed by atoms with E-state index in [9.17, 15) is 14.9 Å². The van der Waals surface area contributed by atoms with E-state index in [1.165, 1.54) is 10.6 Å². The van der Waals surface area contributed by atoms with Gasteiger partial charge in [-0.1, -0.05) is 66.7 Å². The highest BCUT2D eigenvalue weighted by molar-refractivity contribution is 5.60. The summed E-state index contributed by atoms with van der Waals surface area (Å²) < 4.78 is 1.18. The monoisotopic (exact) mass is 386 g/mol.